The van der Waals surface area contributed by atoms with Crippen molar-refractivity contribution >= 4 is 11.0 Å². The molecule has 0 bridgehead atoms. The molecule has 1 aromatic heterocycles. The van der Waals surface area contributed by atoms with Gasteiger partial charge in [0.2, 0.25) is 5.92 Å². The molecule has 1 fully saturated rings. The van der Waals surface area contributed by atoms with Crippen LogP contribution in [0.1, 0.15) is 43.0 Å². The number of imidazole rings is 1. The highest BCUT2D eigenvalue weighted by Crippen LogP contribution is 2.40. The summed E-state index contributed by atoms with van der Waals surface area (Å²) in [4.78, 5) is 7.59. The highest BCUT2D eigenvalue weighted by molar-refractivity contribution is 5.81. The summed E-state index contributed by atoms with van der Waals surface area (Å²) in [7, 11) is 0. The molecule has 0 unspecified atom stereocenters. The summed E-state index contributed by atoms with van der Waals surface area (Å²) in [5, 5.41) is 9.02. The van der Waals surface area contributed by atoms with Crippen molar-refractivity contribution < 1.29 is 8.78 Å². The first-order chi connectivity index (χ1) is 9.09. The number of aromatic amines is 1. The van der Waals surface area contributed by atoms with Gasteiger partial charge in [0.25, 0.3) is 0 Å². The van der Waals surface area contributed by atoms with Gasteiger partial charge < -0.3 is 4.98 Å². The zero-order valence-corrected chi connectivity index (χ0v) is 10.3. The van der Waals surface area contributed by atoms with Crippen molar-refractivity contribution in [3.05, 3.63) is 29.6 Å². The molecular weight excluding hydrogens is 248 g/mol. The molecule has 0 radical (unpaired) electrons. The van der Waals surface area contributed by atoms with Gasteiger partial charge in [0.1, 0.15) is 17.4 Å². The largest absolute Gasteiger partial charge is 0.342 e. The Hall–Kier alpha value is -1.96. The number of hydrogen-bond acceptors (Lipinski definition) is 2. The third-order valence-electron chi connectivity index (χ3n) is 3.76. The SMILES string of the molecule is N#Cc1cccc2[nH]c(C3CCC(F)(F)CC3)nc12. The molecule has 0 aliphatic heterocycles. The molecule has 1 heterocycles. The fourth-order valence-electron chi connectivity index (χ4n) is 2.65. The first-order valence-corrected chi connectivity index (χ1v) is 6.36. The topological polar surface area (TPSA) is 52.5 Å². The van der Waals surface area contributed by atoms with Crippen LogP contribution in [0, 0.1) is 11.3 Å². The minimum Gasteiger partial charge on any atom is -0.342 e. The monoisotopic (exact) mass is 261 g/mol. The van der Waals surface area contributed by atoms with Crippen LogP contribution < -0.4 is 0 Å². The van der Waals surface area contributed by atoms with Crippen molar-refractivity contribution in [3.63, 3.8) is 0 Å². The van der Waals surface area contributed by atoms with E-state index in [0.717, 1.165) is 11.3 Å². The van der Waals surface area contributed by atoms with Crippen molar-refractivity contribution in [3.8, 4) is 6.07 Å². The molecule has 5 heteroatoms. The van der Waals surface area contributed by atoms with E-state index in [1.165, 1.54) is 0 Å². The molecule has 0 amide bonds. The molecule has 2 aromatic rings. The number of para-hydroxylation sites is 1. The second kappa shape index (κ2) is 4.30. The third-order valence-corrected chi connectivity index (χ3v) is 3.76. The van der Waals surface area contributed by atoms with Gasteiger partial charge >= 0.3 is 0 Å². The summed E-state index contributed by atoms with van der Waals surface area (Å²) in [5.41, 5.74) is 1.95. The molecule has 1 saturated carbocycles. The van der Waals surface area contributed by atoms with Crippen LogP contribution in [-0.2, 0) is 0 Å². The molecule has 1 aromatic carbocycles. The van der Waals surface area contributed by atoms with Gasteiger partial charge in [-0.05, 0) is 25.0 Å². The van der Waals surface area contributed by atoms with Gasteiger partial charge in [0.15, 0.2) is 0 Å². The van der Waals surface area contributed by atoms with Crippen molar-refractivity contribution in [1.82, 2.24) is 9.97 Å². The summed E-state index contributed by atoms with van der Waals surface area (Å²) in [6, 6.07) is 7.45. The van der Waals surface area contributed by atoms with Crippen LogP contribution in [0.15, 0.2) is 18.2 Å². The van der Waals surface area contributed by atoms with Crippen LogP contribution in [0.25, 0.3) is 11.0 Å². The van der Waals surface area contributed by atoms with Gasteiger partial charge in [-0.1, -0.05) is 6.07 Å². The summed E-state index contributed by atoms with van der Waals surface area (Å²) in [5.74, 6) is -1.76. The second-order valence-electron chi connectivity index (χ2n) is 5.07. The van der Waals surface area contributed by atoms with Crippen LogP contribution in [0.2, 0.25) is 0 Å². The van der Waals surface area contributed by atoms with Crippen LogP contribution >= 0.6 is 0 Å². The predicted molar refractivity (Wildman–Crippen MR) is 67.0 cm³/mol. The minimum absolute atomic E-state index is 0.0403. The Morgan fingerprint density at radius 3 is 2.74 bits per heavy atom. The molecule has 0 saturated heterocycles. The average Bonchev–Trinajstić information content (AvgIpc) is 2.82. The Kier molecular flexibility index (Phi) is 2.74. The number of alkyl halides is 2. The molecule has 0 atom stereocenters. The summed E-state index contributed by atoms with van der Waals surface area (Å²) in [6.45, 7) is 0. The van der Waals surface area contributed by atoms with E-state index in [1.54, 1.807) is 12.1 Å². The fourth-order valence-corrected chi connectivity index (χ4v) is 2.65. The summed E-state index contributed by atoms with van der Waals surface area (Å²) < 4.78 is 26.3. The standard InChI is InChI=1S/C14H13F2N3/c15-14(16)6-4-9(5-7-14)13-18-11-3-1-2-10(8-17)12(11)19-13/h1-3,9H,4-7H2,(H,18,19). The van der Waals surface area contributed by atoms with Crippen LogP contribution in [0.5, 0.6) is 0 Å². The van der Waals surface area contributed by atoms with Crippen LogP contribution in [0.4, 0.5) is 8.78 Å². The second-order valence-corrected chi connectivity index (χ2v) is 5.07. The number of benzene rings is 1. The Morgan fingerprint density at radius 2 is 2.05 bits per heavy atom. The number of nitrogens with zero attached hydrogens (tertiary/aromatic N) is 2. The smallest absolute Gasteiger partial charge is 0.248 e. The molecule has 3 rings (SSSR count). The van der Waals surface area contributed by atoms with Gasteiger partial charge in [0.05, 0.1) is 11.1 Å². The van der Waals surface area contributed by atoms with Gasteiger partial charge in [-0.2, -0.15) is 5.26 Å². The van der Waals surface area contributed by atoms with Gasteiger partial charge in [0, 0.05) is 18.8 Å². The van der Waals surface area contributed by atoms with Crippen molar-refractivity contribution in [2.75, 3.05) is 0 Å². The van der Waals surface area contributed by atoms with E-state index in [0.29, 0.717) is 23.9 Å². The molecule has 3 nitrogen and oxygen atoms in total. The molecule has 98 valence electrons. The Balaban J connectivity index is 1.93. The van der Waals surface area contributed by atoms with E-state index < -0.39 is 5.92 Å². The maximum atomic E-state index is 13.1. The predicted octanol–water partition coefficient (Wildman–Crippen LogP) is 3.73. The number of H-pyrrole nitrogens is 1. The molecule has 19 heavy (non-hydrogen) atoms. The first kappa shape index (κ1) is 12.1. The Bertz CT molecular complexity index is 644. The summed E-state index contributed by atoms with van der Waals surface area (Å²) >= 11 is 0. The van der Waals surface area contributed by atoms with Gasteiger partial charge in [-0.25, -0.2) is 13.8 Å². The van der Waals surface area contributed by atoms with Gasteiger partial charge in [-0.15, -0.1) is 0 Å². The average molecular weight is 261 g/mol. The molecule has 1 aliphatic carbocycles. The highest BCUT2D eigenvalue weighted by Gasteiger charge is 2.36. The van der Waals surface area contributed by atoms with E-state index in [2.05, 4.69) is 16.0 Å². The minimum atomic E-state index is -2.53. The number of hydrogen-bond donors (Lipinski definition) is 1. The number of nitrogens with one attached hydrogen (secondary N) is 1. The lowest BCUT2D eigenvalue weighted by molar-refractivity contribution is -0.0387. The quantitative estimate of drug-likeness (QED) is 0.850. The third kappa shape index (κ3) is 2.19. The van der Waals surface area contributed by atoms with E-state index in [4.69, 9.17) is 5.26 Å². The highest BCUT2D eigenvalue weighted by atomic mass is 19.3. The zero-order chi connectivity index (χ0) is 13.5. The lowest BCUT2D eigenvalue weighted by Crippen LogP contribution is -2.24. The van der Waals surface area contributed by atoms with Crippen molar-refractivity contribution in [2.24, 2.45) is 0 Å². The first-order valence-electron chi connectivity index (χ1n) is 6.36. The lowest BCUT2D eigenvalue weighted by atomic mass is 9.86. The van der Waals surface area contributed by atoms with Crippen molar-refractivity contribution in [2.45, 2.75) is 37.5 Å². The fraction of sp³-hybridized carbons (Fsp3) is 0.429. The van der Waals surface area contributed by atoms with Crippen LogP contribution in [0.3, 0.4) is 0 Å². The van der Waals surface area contributed by atoms with Crippen molar-refractivity contribution in [1.29, 1.82) is 5.26 Å². The number of aromatic nitrogens is 2. The summed E-state index contributed by atoms with van der Waals surface area (Å²) in [6.07, 6.45) is 0.711. The molecule has 0 spiro atoms. The number of halogens is 2. The maximum Gasteiger partial charge on any atom is 0.248 e. The lowest BCUT2D eigenvalue weighted by Gasteiger charge is -2.26. The van der Waals surface area contributed by atoms with E-state index >= 15 is 0 Å². The Morgan fingerprint density at radius 1 is 1.32 bits per heavy atom. The molecule has 1 N–H and O–H groups in total. The number of rotatable bonds is 1. The molecular formula is C14H13F2N3. The van der Waals surface area contributed by atoms with Gasteiger partial charge in [-0.3, -0.25) is 0 Å². The van der Waals surface area contributed by atoms with E-state index in [9.17, 15) is 8.78 Å². The van der Waals surface area contributed by atoms with E-state index in [1.807, 2.05) is 6.07 Å². The zero-order valence-electron chi connectivity index (χ0n) is 10.3. The maximum absolute atomic E-state index is 13.1. The van der Waals surface area contributed by atoms with E-state index in [-0.39, 0.29) is 18.8 Å². The van der Waals surface area contributed by atoms with Crippen LogP contribution in [-0.4, -0.2) is 15.9 Å². The Labute approximate surface area is 109 Å². The molecule has 1 aliphatic rings. The number of nitriles is 1. The normalized spacial score (nSPS) is 19.4. The number of fused-ring (bicyclic) bond motifs is 1.